The molecule has 0 unspecified atom stereocenters. The number of aryl methyl sites for hydroxylation is 1. The molecule has 0 spiro atoms. The first-order valence-electron chi connectivity index (χ1n) is 11.3. The highest BCUT2D eigenvalue weighted by Crippen LogP contribution is 2.36. The monoisotopic (exact) mass is 456 g/mol. The lowest BCUT2D eigenvalue weighted by Crippen LogP contribution is -1.93. The van der Waals surface area contributed by atoms with Gasteiger partial charge in [0.15, 0.2) is 5.82 Å². The van der Waals surface area contributed by atoms with Gasteiger partial charge in [-0.3, -0.25) is 0 Å². The SMILES string of the molecule is Cc1ccc2cc(-c3cccc(-c4cc(Cl)nc(-c5ccccc5)n4)c3)c3ccccc3c2c1. The minimum atomic E-state index is 0.431. The van der Waals surface area contributed by atoms with Crippen molar-refractivity contribution in [3.05, 3.63) is 120 Å². The van der Waals surface area contributed by atoms with Gasteiger partial charge < -0.3 is 0 Å². The van der Waals surface area contributed by atoms with E-state index >= 15 is 0 Å². The van der Waals surface area contributed by atoms with Crippen LogP contribution in [0.1, 0.15) is 5.56 Å². The number of aromatic nitrogens is 2. The fraction of sp³-hybridized carbons (Fsp3) is 0.0323. The highest BCUT2D eigenvalue weighted by Gasteiger charge is 2.12. The first kappa shape index (κ1) is 20.6. The van der Waals surface area contributed by atoms with E-state index in [2.05, 4.69) is 84.7 Å². The maximum atomic E-state index is 6.41. The summed E-state index contributed by atoms with van der Waals surface area (Å²) in [5.74, 6) is 0.625. The number of halogens is 1. The molecule has 2 nitrogen and oxygen atoms in total. The lowest BCUT2D eigenvalue weighted by molar-refractivity contribution is 1.18. The predicted octanol–water partition coefficient (Wildman–Crippen LogP) is 8.75. The molecule has 34 heavy (non-hydrogen) atoms. The Morgan fingerprint density at radius 3 is 2.15 bits per heavy atom. The second kappa shape index (κ2) is 8.40. The zero-order valence-corrected chi connectivity index (χ0v) is 19.4. The van der Waals surface area contributed by atoms with Crippen LogP contribution in [0.3, 0.4) is 0 Å². The molecule has 1 aromatic heterocycles. The average molecular weight is 457 g/mol. The van der Waals surface area contributed by atoms with Crippen LogP contribution in [0.5, 0.6) is 0 Å². The second-order valence-corrected chi connectivity index (χ2v) is 8.93. The molecule has 0 aliphatic carbocycles. The third-order valence-corrected chi connectivity index (χ3v) is 6.41. The van der Waals surface area contributed by atoms with Gasteiger partial charge in [0.1, 0.15) is 5.15 Å². The van der Waals surface area contributed by atoms with Crippen LogP contribution < -0.4 is 0 Å². The first-order chi connectivity index (χ1) is 16.7. The van der Waals surface area contributed by atoms with Crippen molar-refractivity contribution in [1.82, 2.24) is 9.97 Å². The lowest BCUT2D eigenvalue weighted by atomic mass is 9.92. The highest BCUT2D eigenvalue weighted by atomic mass is 35.5. The van der Waals surface area contributed by atoms with E-state index in [4.69, 9.17) is 16.6 Å². The molecule has 0 radical (unpaired) electrons. The Labute approximate surface area is 203 Å². The van der Waals surface area contributed by atoms with Gasteiger partial charge in [-0.15, -0.1) is 0 Å². The predicted molar refractivity (Wildman–Crippen MR) is 143 cm³/mol. The van der Waals surface area contributed by atoms with Crippen LogP contribution in [0.2, 0.25) is 5.15 Å². The van der Waals surface area contributed by atoms with E-state index in [-0.39, 0.29) is 0 Å². The van der Waals surface area contributed by atoms with E-state index in [9.17, 15) is 0 Å². The topological polar surface area (TPSA) is 25.8 Å². The molecule has 0 fully saturated rings. The molecule has 5 aromatic carbocycles. The van der Waals surface area contributed by atoms with E-state index < -0.39 is 0 Å². The fourth-order valence-electron chi connectivity index (χ4n) is 4.58. The second-order valence-electron chi connectivity index (χ2n) is 8.54. The van der Waals surface area contributed by atoms with Gasteiger partial charge in [0, 0.05) is 17.2 Å². The molecular weight excluding hydrogens is 436 g/mol. The quantitative estimate of drug-likeness (QED) is 0.196. The summed E-state index contributed by atoms with van der Waals surface area (Å²) in [4.78, 5) is 9.28. The van der Waals surface area contributed by atoms with Crippen molar-refractivity contribution in [1.29, 1.82) is 0 Å². The maximum absolute atomic E-state index is 6.41. The van der Waals surface area contributed by atoms with Gasteiger partial charge in [0.2, 0.25) is 0 Å². The van der Waals surface area contributed by atoms with Gasteiger partial charge in [-0.2, -0.15) is 0 Å². The number of rotatable bonds is 3. The van der Waals surface area contributed by atoms with E-state index in [1.54, 1.807) is 0 Å². The summed E-state index contributed by atoms with van der Waals surface area (Å²) in [6.45, 7) is 2.14. The van der Waals surface area contributed by atoms with Crippen molar-refractivity contribution >= 4 is 33.1 Å². The molecule has 6 rings (SSSR count). The third kappa shape index (κ3) is 3.72. The summed E-state index contributed by atoms with van der Waals surface area (Å²) in [5.41, 5.74) is 6.37. The lowest BCUT2D eigenvalue weighted by Gasteiger charge is -2.13. The molecule has 0 bridgehead atoms. The minimum Gasteiger partial charge on any atom is -0.228 e. The van der Waals surface area contributed by atoms with Crippen molar-refractivity contribution < 1.29 is 0 Å². The molecule has 0 saturated carbocycles. The maximum Gasteiger partial charge on any atom is 0.161 e. The molecular formula is C31H21ClN2. The van der Waals surface area contributed by atoms with E-state index in [0.29, 0.717) is 11.0 Å². The largest absolute Gasteiger partial charge is 0.228 e. The zero-order valence-electron chi connectivity index (χ0n) is 18.7. The summed E-state index contributed by atoms with van der Waals surface area (Å²) in [6, 6.07) is 37.8. The molecule has 0 aliphatic heterocycles. The number of nitrogens with zero attached hydrogens (tertiary/aromatic N) is 2. The Bertz CT molecular complexity index is 1670. The number of hydrogen-bond donors (Lipinski definition) is 0. The van der Waals surface area contributed by atoms with Crippen molar-refractivity contribution in [2.24, 2.45) is 0 Å². The van der Waals surface area contributed by atoms with Crippen LogP contribution in [0.25, 0.3) is 55.3 Å². The minimum absolute atomic E-state index is 0.431. The summed E-state index contributed by atoms with van der Waals surface area (Å²) >= 11 is 6.41. The van der Waals surface area contributed by atoms with Crippen LogP contribution >= 0.6 is 11.6 Å². The summed E-state index contributed by atoms with van der Waals surface area (Å²) in [7, 11) is 0. The van der Waals surface area contributed by atoms with Crippen molar-refractivity contribution in [2.45, 2.75) is 6.92 Å². The van der Waals surface area contributed by atoms with Crippen LogP contribution in [0.4, 0.5) is 0 Å². The Hall–Kier alpha value is -4.01. The van der Waals surface area contributed by atoms with Gasteiger partial charge in [-0.05, 0) is 51.7 Å². The molecule has 0 aliphatic rings. The number of hydrogen-bond acceptors (Lipinski definition) is 2. The Balaban J connectivity index is 1.53. The fourth-order valence-corrected chi connectivity index (χ4v) is 4.77. The van der Waals surface area contributed by atoms with Crippen molar-refractivity contribution in [2.75, 3.05) is 0 Å². The van der Waals surface area contributed by atoms with E-state index in [0.717, 1.165) is 22.4 Å². The zero-order chi connectivity index (χ0) is 23.1. The van der Waals surface area contributed by atoms with Crippen molar-refractivity contribution in [3.63, 3.8) is 0 Å². The van der Waals surface area contributed by atoms with Gasteiger partial charge in [0.25, 0.3) is 0 Å². The Morgan fingerprint density at radius 2 is 1.29 bits per heavy atom. The normalized spacial score (nSPS) is 11.2. The molecule has 0 amide bonds. The summed E-state index contributed by atoms with van der Waals surface area (Å²) in [6.07, 6.45) is 0. The smallest absolute Gasteiger partial charge is 0.161 e. The van der Waals surface area contributed by atoms with Crippen LogP contribution in [0, 0.1) is 6.92 Å². The van der Waals surface area contributed by atoms with E-state index in [1.165, 1.54) is 32.7 Å². The third-order valence-electron chi connectivity index (χ3n) is 6.21. The highest BCUT2D eigenvalue weighted by molar-refractivity contribution is 6.29. The average Bonchev–Trinajstić information content (AvgIpc) is 2.88. The molecule has 6 aromatic rings. The summed E-state index contributed by atoms with van der Waals surface area (Å²) < 4.78 is 0. The Kier molecular flexibility index (Phi) is 5.09. The molecule has 3 heteroatoms. The van der Waals surface area contributed by atoms with Crippen molar-refractivity contribution in [3.8, 4) is 33.8 Å². The molecule has 162 valence electrons. The number of benzene rings is 5. The standard InChI is InChI=1S/C31H21ClN2/c1-20-14-15-23-18-28(26-13-6-5-12-25(26)27(23)16-20)22-10-7-11-24(17-22)29-19-30(32)34-31(33-29)21-8-3-2-4-9-21/h2-19H,1H3. The molecule has 0 atom stereocenters. The van der Waals surface area contributed by atoms with Gasteiger partial charge in [-0.1, -0.05) is 108 Å². The van der Waals surface area contributed by atoms with Gasteiger partial charge in [0.05, 0.1) is 5.69 Å². The first-order valence-corrected chi connectivity index (χ1v) is 11.7. The summed E-state index contributed by atoms with van der Waals surface area (Å²) in [5, 5.41) is 5.46. The van der Waals surface area contributed by atoms with Crippen LogP contribution in [-0.2, 0) is 0 Å². The Morgan fingerprint density at radius 1 is 0.559 bits per heavy atom. The van der Waals surface area contributed by atoms with Crippen LogP contribution in [0.15, 0.2) is 109 Å². The van der Waals surface area contributed by atoms with Crippen LogP contribution in [-0.4, -0.2) is 9.97 Å². The molecule has 1 heterocycles. The van der Waals surface area contributed by atoms with Gasteiger partial charge >= 0.3 is 0 Å². The molecule has 0 N–H and O–H groups in total. The number of fused-ring (bicyclic) bond motifs is 3. The molecule has 0 saturated heterocycles. The van der Waals surface area contributed by atoms with Gasteiger partial charge in [-0.25, -0.2) is 9.97 Å². The van der Waals surface area contributed by atoms with E-state index in [1.807, 2.05) is 36.4 Å².